The van der Waals surface area contributed by atoms with Gasteiger partial charge < -0.3 is 15.4 Å². The standard InChI is InChI=1S/C10H18N4O/c1-3-12-9-7-11-8-10(14-9)13-5-4-6-15-2/h7-8H,3-6H2,1-2H3,(H2,12,13,14). The normalized spacial score (nSPS) is 10.0. The Hall–Kier alpha value is -1.36. The molecular formula is C10H18N4O. The van der Waals surface area contributed by atoms with Crippen molar-refractivity contribution in [3.63, 3.8) is 0 Å². The average Bonchev–Trinajstić information content (AvgIpc) is 2.26. The molecule has 0 aliphatic heterocycles. The van der Waals surface area contributed by atoms with Gasteiger partial charge in [0.1, 0.15) is 11.6 Å². The Labute approximate surface area is 90.3 Å². The summed E-state index contributed by atoms with van der Waals surface area (Å²) in [5.74, 6) is 1.60. The van der Waals surface area contributed by atoms with Gasteiger partial charge in [-0.2, -0.15) is 0 Å². The number of nitrogens with one attached hydrogen (secondary N) is 2. The summed E-state index contributed by atoms with van der Waals surface area (Å²) in [6.45, 7) is 4.48. The van der Waals surface area contributed by atoms with Crippen LogP contribution in [0.25, 0.3) is 0 Å². The first-order valence-electron chi connectivity index (χ1n) is 5.15. The molecule has 0 saturated carbocycles. The minimum atomic E-state index is 0.757. The van der Waals surface area contributed by atoms with Gasteiger partial charge in [0.25, 0.3) is 0 Å². The lowest BCUT2D eigenvalue weighted by Gasteiger charge is -2.06. The summed E-state index contributed by atoms with van der Waals surface area (Å²) in [5.41, 5.74) is 0. The molecule has 0 unspecified atom stereocenters. The van der Waals surface area contributed by atoms with E-state index in [9.17, 15) is 0 Å². The van der Waals surface area contributed by atoms with Crippen LogP contribution in [0.3, 0.4) is 0 Å². The van der Waals surface area contributed by atoms with E-state index >= 15 is 0 Å². The molecule has 15 heavy (non-hydrogen) atoms. The molecule has 2 N–H and O–H groups in total. The lowest BCUT2D eigenvalue weighted by atomic mass is 10.4. The molecule has 84 valence electrons. The second-order valence-electron chi connectivity index (χ2n) is 3.09. The fraction of sp³-hybridized carbons (Fsp3) is 0.600. The second-order valence-corrected chi connectivity index (χ2v) is 3.09. The van der Waals surface area contributed by atoms with Crippen molar-refractivity contribution in [2.45, 2.75) is 13.3 Å². The lowest BCUT2D eigenvalue weighted by molar-refractivity contribution is 0.198. The van der Waals surface area contributed by atoms with Crippen LogP contribution in [0.1, 0.15) is 13.3 Å². The monoisotopic (exact) mass is 210 g/mol. The van der Waals surface area contributed by atoms with Crippen molar-refractivity contribution in [2.75, 3.05) is 37.4 Å². The van der Waals surface area contributed by atoms with Crippen LogP contribution < -0.4 is 10.6 Å². The van der Waals surface area contributed by atoms with Gasteiger partial charge in [-0.05, 0) is 13.3 Å². The van der Waals surface area contributed by atoms with Crippen LogP contribution in [0.5, 0.6) is 0 Å². The SMILES string of the molecule is CCNc1cncc(NCCCOC)n1. The van der Waals surface area contributed by atoms with Gasteiger partial charge in [-0.3, -0.25) is 4.98 Å². The van der Waals surface area contributed by atoms with Crippen molar-refractivity contribution >= 4 is 11.6 Å². The molecule has 5 heteroatoms. The third-order valence-electron chi connectivity index (χ3n) is 1.82. The van der Waals surface area contributed by atoms with Crippen LogP contribution in [0.2, 0.25) is 0 Å². The molecule has 0 aliphatic carbocycles. The molecule has 0 spiro atoms. The zero-order valence-electron chi connectivity index (χ0n) is 9.29. The van der Waals surface area contributed by atoms with Gasteiger partial charge in [-0.1, -0.05) is 0 Å². The van der Waals surface area contributed by atoms with E-state index in [2.05, 4.69) is 20.6 Å². The van der Waals surface area contributed by atoms with Gasteiger partial charge in [0.05, 0.1) is 12.4 Å². The van der Waals surface area contributed by atoms with Crippen LogP contribution in [0, 0.1) is 0 Å². The highest BCUT2D eigenvalue weighted by atomic mass is 16.5. The van der Waals surface area contributed by atoms with E-state index in [-0.39, 0.29) is 0 Å². The number of hydrogen-bond donors (Lipinski definition) is 2. The third kappa shape index (κ3) is 4.60. The Balaban J connectivity index is 2.36. The number of nitrogens with zero attached hydrogens (tertiary/aromatic N) is 2. The highest BCUT2D eigenvalue weighted by molar-refractivity contribution is 5.41. The molecule has 0 aliphatic rings. The predicted molar refractivity (Wildman–Crippen MR) is 61.2 cm³/mol. The first-order valence-corrected chi connectivity index (χ1v) is 5.15. The quantitative estimate of drug-likeness (QED) is 0.665. The number of aromatic nitrogens is 2. The van der Waals surface area contributed by atoms with E-state index in [1.165, 1.54) is 0 Å². The van der Waals surface area contributed by atoms with Gasteiger partial charge in [-0.15, -0.1) is 0 Å². The minimum Gasteiger partial charge on any atom is -0.385 e. The number of hydrogen-bond acceptors (Lipinski definition) is 5. The molecule has 0 radical (unpaired) electrons. The van der Waals surface area contributed by atoms with E-state index < -0.39 is 0 Å². The van der Waals surface area contributed by atoms with Crippen LogP contribution in [-0.4, -0.2) is 36.8 Å². The van der Waals surface area contributed by atoms with Crippen molar-refractivity contribution < 1.29 is 4.74 Å². The van der Waals surface area contributed by atoms with Gasteiger partial charge in [0.15, 0.2) is 0 Å². The van der Waals surface area contributed by atoms with Crippen molar-refractivity contribution in [1.29, 1.82) is 0 Å². The highest BCUT2D eigenvalue weighted by Gasteiger charge is 1.96. The molecule has 0 bridgehead atoms. The third-order valence-corrected chi connectivity index (χ3v) is 1.82. The van der Waals surface area contributed by atoms with Gasteiger partial charge in [0, 0.05) is 26.8 Å². The zero-order valence-corrected chi connectivity index (χ0v) is 9.29. The van der Waals surface area contributed by atoms with Crippen LogP contribution in [-0.2, 0) is 4.74 Å². The zero-order chi connectivity index (χ0) is 10.9. The van der Waals surface area contributed by atoms with Gasteiger partial charge in [0.2, 0.25) is 0 Å². The maximum atomic E-state index is 4.95. The summed E-state index contributed by atoms with van der Waals surface area (Å²) in [6.07, 6.45) is 4.39. The molecule has 0 aromatic carbocycles. The van der Waals surface area contributed by atoms with Crippen LogP contribution in [0.4, 0.5) is 11.6 Å². The highest BCUT2D eigenvalue weighted by Crippen LogP contribution is 2.05. The van der Waals surface area contributed by atoms with E-state index in [4.69, 9.17) is 4.74 Å². The van der Waals surface area contributed by atoms with Crippen molar-refractivity contribution in [3.05, 3.63) is 12.4 Å². The molecule has 1 aromatic rings. The molecule has 0 saturated heterocycles. The van der Waals surface area contributed by atoms with Gasteiger partial charge in [-0.25, -0.2) is 4.98 Å². The van der Waals surface area contributed by atoms with E-state index in [1.54, 1.807) is 19.5 Å². The van der Waals surface area contributed by atoms with E-state index in [0.717, 1.165) is 37.8 Å². The smallest absolute Gasteiger partial charge is 0.146 e. The first kappa shape index (κ1) is 11.7. The maximum absolute atomic E-state index is 4.95. The fourth-order valence-corrected chi connectivity index (χ4v) is 1.15. The molecule has 1 rings (SSSR count). The molecule has 0 atom stereocenters. The maximum Gasteiger partial charge on any atom is 0.146 e. The fourth-order valence-electron chi connectivity index (χ4n) is 1.15. The summed E-state index contributed by atoms with van der Waals surface area (Å²) >= 11 is 0. The molecule has 0 amide bonds. The first-order chi connectivity index (χ1) is 7.36. The molecular weight excluding hydrogens is 192 g/mol. The topological polar surface area (TPSA) is 59.1 Å². The van der Waals surface area contributed by atoms with Gasteiger partial charge >= 0.3 is 0 Å². The molecule has 5 nitrogen and oxygen atoms in total. The van der Waals surface area contributed by atoms with Crippen molar-refractivity contribution in [3.8, 4) is 0 Å². The number of rotatable bonds is 7. The second kappa shape index (κ2) is 7.00. The summed E-state index contributed by atoms with van der Waals surface area (Å²) in [4.78, 5) is 8.42. The number of methoxy groups -OCH3 is 1. The number of anilines is 2. The summed E-state index contributed by atoms with van der Waals surface area (Å²) in [5, 5.41) is 6.30. The molecule has 0 fully saturated rings. The Morgan fingerprint density at radius 2 is 2.00 bits per heavy atom. The molecule has 1 aromatic heterocycles. The Morgan fingerprint density at radius 3 is 2.67 bits per heavy atom. The van der Waals surface area contributed by atoms with E-state index in [0.29, 0.717) is 0 Å². The van der Waals surface area contributed by atoms with E-state index in [1.807, 2.05) is 6.92 Å². The Kier molecular flexibility index (Phi) is 5.47. The van der Waals surface area contributed by atoms with Crippen LogP contribution >= 0.6 is 0 Å². The Morgan fingerprint density at radius 1 is 1.27 bits per heavy atom. The Bertz CT molecular complexity index is 280. The van der Waals surface area contributed by atoms with Crippen LogP contribution in [0.15, 0.2) is 12.4 Å². The van der Waals surface area contributed by atoms with Crippen molar-refractivity contribution in [2.24, 2.45) is 0 Å². The minimum absolute atomic E-state index is 0.757. The average molecular weight is 210 g/mol. The molecule has 1 heterocycles. The predicted octanol–water partition coefficient (Wildman–Crippen LogP) is 1.36. The largest absolute Gasteiger partial charge is 0.385 e. The summed E-state index contributed by atoms with van der Waals surface area (Å²) in [7, 11) is 1.70. The van der Waals surface area contributed by atoms with Crippen molar-refractivity contribution in [1.82, 2.24) is 9.97 Å². The summed E-state index contributed by atoms with van der Waals surface area (Å²) < 4.78 is 4.95. The number of ether oxygens (including phenoxy) is 1. The summed E-state index contributed by atoms with van der Waals surface area (Å²) in [6, 6.07) is 0. The lowest BCUT2D eigenvalue weighted by Crippen LogP contribution is -2.08.